The molecule has 0 heterocycles. The van der Waals surface area contributed by atoms with Gasteiger partial charge in [-0.2, -0.15) is 0 Å². The molecule has 3 heteroatoms. The third kappa shape index (κ3) is 4.19. The standard InChI is InChI=1S/C22H36O3/c1-7-21(5,24)14-11-18-16(2)9-10-19-20(4,15-25-17(3)23)12-8-13-22(18,19)6/h7,18-19,24H,1-2,8-15H2,3-6H3/t18-,19-,20+,21-,22+/m0/s1. The molecule has 0 spiro atoms. The summed E-state index contributed by atoms with van der Waals surface area (Å²) < 4.78 is 5.46. The van der Waals surface area contributed by atoms with Gasteiger partial charge in [-0.1, -0.05) is 38.5 Å². The van der Waals surface area contributed by atoms with E-state index in [9.17, 15) is 9.90 Å². The molecule has 0 aromatic heterocycles. The molecular weight excluding hydrogens is 312 g/mol. The van der Waals surface area contributed by atoms with Gasteiger partial charge in [0.05, 0.1) is 12.2 Å². The molecule has 2 aliphatic rings. The summed E-state index contributed by atoms with van der Waals surface area (Å²) in [7, 11) is 0. The predicted octanol–water partition coefficient (Wildman–Crippen LogP) is 5.05. The van der Waals surface area contributed by atoms with Crippen LogP contribution in [0.5, 0.6) is 0 Å². The van der Waals surface area contributed by atoms with E-state index in [0.29, 0.717) is 24.9 Å². The van der Waals surface area contributed by atoms with Crippen molar-refractivity contribution in [2.45, 2.75) is 78.2 Å². The minimum atomic E-state index is -0.820. The Hall–Kier alpha value is -1.09. The molecule has 3 nitrogen and oxygen atoms in total. The van der Waals surface area contributed by atoms with Gasteiger partial charge in [-0.15, -0.1) is 6.58 Å². The molecule has 0 aliphatic heterocycles. The van der Waals surface area contributed by atoms with E-state index >= 15 is 0 Å². The summed E-state index contributed by atoms with van der Waals surface area (Å²) in [5.41, 5.74) is 0.716. The number of hydrogen-bond acceptors (Lipinski definition) is 3. The number of ether oxygens (including phenoxy) is 1. The average Bonchev–Trinajstić information content (AvgIpc) is 2.52. The van der Waals surface area contributed by atoms with Gasteiger partial charge in [-0.3, -0.25) is 4.79 Å². The van der Waals surface area contributed by atoms with Crippen molar-refractivity contribution < 1.29 is 14.6 Å². The highest BCUT2D eigenvalue weighted by Gasteiger charge is 2.54. The van der Waals surface area contributed by atoms with E-state index in [1.54, 1.807) is 6.08 Å². The number of hydrogen-bond donors (Lipinski definition) is 1. The molecule has 25 heavy (non-hydrogen) atoms. The normalized spacial score (nSPS) is 37.7. The first-order valence-electron chi connectivity index (χ1n) is 9.71. The second-order valence-corrected chi connectivity index (χ2v) is 9.20. The van der Waals surface area contributed by atoms with Gasteiger partial charge in [0.15, 0.2) is 0 Å². The van der Waals surface area contributed by atoms with Gasteiger partial charge in [-0.25, -0.2) is 0 Å². The van der Waals surface area contributed by atoms with E-state index in [0.717, 1.165) is 32.1 Å². The Morgan fingerprint density at radius 3 is 2.72 bits per heavy atom. The number of carbonyl (C=O) groups excluding carboxylic acids is 1. The number of rotatable bonds is 6. The van der Waals surface area contributed by atoms with Crippen LogP contribution in [0.1, 0.15) is 72.6 Å². The summed E-state index contributed by atoms with van der Waals surface area (Å²) in [6.07, 6.45) is 8.92. The van der Waals surface area contributed by atoms with Crippen LogP contribution >= 0.6 is 0 Å². The van der Waals surface area contributed by atoms with Crippen LogP contribution in [0.2, 0.25) is 0 Å². The molecule has 0 radical (unpaired) electrons. The molecule has 142 valence electrons. The van der Waals surface area contributed by atoms with Gasteiger partial charge in [0, 0.05) is 12.3 Å². The van der Waals surface area contributed by atoms with Crippen molar-refractivity contribution >= 4 is 5.97 Å². The van der Waals surface area contributed by atoms with Gasteiger partial charge in [0.25, 0.3) is 0 Å². The maximum atomic E-state index is 11.4. The van der Waals surface area contributed by atoms with E-state index in [1.165, 1.54) is 18.9 Å². The van der Waals surface area contributed by atoms with Crippen molar-refractivity contribution in [1.82, 2.24) is 0 Å². The smallest absolute Gasteiger partial charge is 0.302 e. The number of aliphatic hydroxyl groups is 1. The predicted molar refractivity (Wildman–Crippen MR) is 102 cm³/mol. The lowest BCUT2D eigenvalue weighted by atomic mass is 9.46. The minimum absolute atomic E-state index is 0.0403. The maximum absolute atomic E-state index is 11.4. The van der Waals surface area contributed by atoms with E-state index in [2.05, 4.69) is 27.0 Å². The molecule has 2 saturated carbocycles. The van der Waals surface area contributed by atoms with Crippen LogP contribution in [-0.4, -0.2) is 23.3 Å². The molecule has 0 aromatic carbocycles. The Morgan fingerprint density at radius 1 is 1.44 bits per heavy atom. The van der Waals surface area contributed by atoms with E-state index in [1.807, 2.05) is 6.92 Å². The van der Waals surface area contributed by atoms with Crippen LogP contribution in [0.15, 0.2) is 24.8 Å². The van der Waals surface area contributed by atoms with Crippen molar-refractivity contribution in [2.75, 3.05) is 6.61 Å². The molecule has 0 saturated heterocycles. The second kappa shape index (κ2) is 7.26. The van der Waals surface area contributed by atoms with E-state index in [-0.39, 0.29) is 16.8 Å². The molecular formula is C22H36O3. The average molecular weight is 349 g/mol. The van der Waals surface area contributed by atoms with Crippen molar-refractivity contribution in [3.63, 3.8) is 0 Å². The Balaban J connectivity index is 2.23. The fourth-order valence-electron chi connectivity index (χ4n) is 5.59. The zero-order valence-electron chi connectivity index (χ0n) is 16.6. The Labute approximate surface area is 153 Å². The quantitative estimate of drug-likeness (QED) is 0.540. The molecule has 2 fully saturated rings. The number of allylic oxidation sites excluding steroid dienone is 1. The molecule has 5 atom stereocenters. The molecule has 0 aromatic rings. The van der Waals surface area contributed by atoms with Crippen molar-refractivity contribution in [2.24, 2.45) is 22.7 Å². The van der Waals surface area contributed by atoms with Crippen LogP contribution in [0.25, 0.3) is 0 Å². The topological polar surface area (TPSA) is 46.5 Å². The first-order valence-corrected chi connectivity index (χ1v) is 9.71. The molecule has 2 rings (SSSR count). The highest BCUT2D eigenvalue weighted by atomic mass is 16.5. The Kier molecular flexibility index (Phi) is 5.88. The Morgan fingerprint density at radius 2 is 2.12 bits per heavy atom. The summed E-state index contributed by atoms with van der Waals surface area (Å²) in [4.78, 5) is 11.4. The summed E-state index contributed by atoms with van der Waals surface area (Å²) in [5, 5.41) is 10.4. The van der Waals surface area contributed by atoms with Crippen LogP contribution in [0.4, 0.5) is 0 Å². The van der Waals surface area contributed by atoms with Crippen molar-refractivity contribution in [3.8, 4) is 0 Å². The second-order valence-electron chi connectivity index (χ2n) is 9.20. The molecule has 0 bridgehead atoms. The Bertz CT molecular complexity index is 535. The lowest BCUT2D eigenvalue weighted by Crippen LogP contribution is -2.52. The molecule has 0 unspecified atom stereocenters. The van der Waals surface area contributed by atoms with Crippen molar-refractivity contribution in [1.29, 1.82) is 0 Å². The highest BCUT2D eigenvalue weighted by molar-refractivity contribution is 5.65. The van der Waals surface area contributed by atoms with Crippen LogP contribution in [-0.2, 0) is 9.53 Å². The van der Waals surface area contributed by atoms with Crippen molar-refractivity contribution in [3.05, 3.63) is 24.8 Å². The highest BCUT2D eigenvalue weighted by Crippen LogP contribution is 2.62. The SMILES string of the molecule is C=C[C@](C)(O)CC[C@H]1C(=C)CC[C@H]2[C@@](C)(COC(C)=O)CCC[C@]12C. The maximum Gasteiger partial charge on any atom is 0.302 e. The van der Waals surface area contributed by atoms with Gasteiger partial charge >= 0.3 is 5.97 Å². The van der Waals surface area contributed by atoms with Gasteiger partial charge in [0.1, 0.15) is 0 Å². The molecule has 0 amide bonds. The summed E-state index contributed by atoms with van der Waals surface area (Å²) in [6, 6.07) is 0. The number of esters is 1. The summed E-state index contributed by atoms with van der Waals surface area (Å²) >= 11 is 0. The number of carbonyl (C=O) groups is 1. The molecule has 2 aliphatic carbocycles. The fourth-order valence-corrected chi connectivity index (χ4v) is 5.59. The largest absolute Gasteiger partial charge is 0.465 e. The van der Waals surface area contributed by atoms with Crippen LogP contribution < -0.4 is 0 Å². The summed E-state index contributed by atoms with van der Waals surface area (Å²) in [5.74, 6) is 0.749. The monoisotopic (exact) mass is 348 g/mol. The zero-order chi connectivity index (χ0) is 18.9. The fraction of sp³-hybridized carbons (Fsp3) is 0.773. The lowest BCUT2D eigenvalue weighted by molar-refractivity contribution is -0.152. The third-order valence-corrected chi connectivity index (χ3v) is 7.13. The lowest BCUT2D eigenvalue weighted by Gasteiger charge is -2.58. The zero-order valence-corrected chi connectivity index (χ0v) is 16.6. The van der Waals surface area contributed by atoms with E-state index < -0.39 is 5.60 Å². The first kappa shape index (κ1) is 20.2. The first-order chi connectivity index (χ1) is 11.5. The molecule has 1 N–H and O–H groups in total. The minimum Gasteiger partial charge on any atom is -0.465 e. The van der Waals surface area contributed by atoms with E-state index in [4.69, 9.17) is 4.74 Å². The third-order valence-electron chi connectivity index (χ3n) is 7.13. The van der Waals surface area contributed by atoms with Gasteiger partial charge in [0.2, 0.25) is 0 Å². The van der Waals surface area contributed by atoms with Gasteiger partial charge in [-0.05, 0) is 62.7 Å². The summed E-state index contributed by atoms with van der Waals surface area (Å²) in [6.45, 7) is 16.7. The van der Waals surface area contributed by atoms with Crippen LogP contribution in [0, 0.1) is 22.7 Å². The van der Waals surface area contributed by atoms with Gasteiger partial charge < -0.3 is 9.84 Å². The van der Waals surface area contributed by atoms with Crippen LogP contribution in [0.3, 0.4) is 0 Å². The number of fused-ring (bicyclic) bond motifs is 1.